The lowest BCUT2D eigenvalue weighted by atomic mass is 10.0. The second kappa shape index (κ2) is 7.04. The summed E-state index contributed by atoms with van der Waals surface area (Å²) in [5.41, 5.74) is 10.2. The Hall–Kier alpha value is -2.46. The molecule has 0 unspecified atom stereocenters. The molecule has 1 aromatic heterocycles. The third kappa shape index (κ3) is 3.17. The third-order valence-corrected chi connectivity index (χ3v) is 4.99. The summed E-state index contributed by atoms with van der Waals surface area (Å²) >= 11 is 12.3. The maximum Gasteiger partial charge on any atom is 0.0997 e. The van der Waals surface area contributed by atoms with E-state index in [1.54, 1.807) is 12.1 Å². The molecule has 0 aliphatic heterocycles. The summed E-state index contributed by atoms with van der Waals surface area (Å²) < 4.78 is 0. The fourth-order valence-electron chi connectivity index (χ4n) is 2.88. The van der Waals surface area contributed by atoms with Gasteiger partial charge < -0.3 is 5.73 Å². The van der Waals surface area contributed by atoms with Gasteiger partial charge in [0.2, 0.25) is 0 Å². The van der Waals surface area contributed by atoms with E-state index in [9.17, 15) is 0 Å². The maximum atomic E-state index is 6.18. The predicted octanol–water partition coefficient (Wildman–Crippen LogP) is 5.01. The van der Waals surface area contributed by atoms with E-state index in [1.165, 1.54) is 5.56 Å². The number of hydrogen-bond acceptors (Lipinski definition) is 2. The molecule has 0 spiro atoms. The fourth-order valence-corrected chi connectivity index (χ4v) is 3.20. The second-order valence-corrected chi connectivity index (χ2v) is 6.80. The average Bonchev–Trinajstić information content (AvgIpc) is 2.69. The molecule has 26 heavy (non-hydrogen) atoms. The average molecular weight is 381 g/mol. The van der Waals surface area contributed by atoms with Crippen molar-refractivity contribution in [1.82, 2.24) is 9.97 Å². The summed E-state index contributed by atoms with van der Waals surface area (Å²) in [6, 6.07) is 21.8. The summed E-state index contributed by atoms with van der Waals surface area (Å²) in [7, 11) is 0. The molecule has 0 saturated carbocycles. The van der Waals surface area contributed by atoms with Crippen molar-refractivity contribution in [2.45, 2.75) is 6.54 Å². The van der Waals surface area contributed by atoms with Crippen molar-refractivity contribution < 1.29 is 5.73 Å². The first kappa shape index (κ1) is 17.0. The van der Waals surface area contributed by atoms with Crippen molar-refractivity contribution in [2.75, 3.05) is 0 Å². The first-order valence-corrected chi connectivity index (χ1v) is 9.02. The smallest absolute Gasteiger partial charge is 0.0997 e. The van der Waals surface area contributed by atoms with Gasteiger partial charge in [-0.3, -0.25) is 0 Å². The van der Waals surface area contributed by atoms with E-state index < -0.39 is 0 Å². The van der Waals surface area contributed by atoms with Gasteiger partial charge in [0, 0.05) is 16.7 Å². The molecule has 0 bridgehead atoms. The number of nitrogens with zero attached hydrogens (tertiary/aromatic N) is 2. The van der Waals surface area contributed by atoms with Crippen molar-refractivity contribution in [3.05, 3.63) is 82.3 Å². The normalized spacial score (nSPS) is 11.0. The van der Waals surface area contributed by atoms with Crippen LogP contribution in [0.5, 0.6) is 0 Å². The van der Waals surface area contributed by atoms with Gasteiger partial charge in [-0.1, -0.05) is 77.8 Å². The van der Waals surface area contributed by atoms with Crippen LogP contribution in [-0.2, 0) is 6.54 Å². The van der Waals surface area contributed by atoms with Crippen molar-refractivity contribution in [3.8, 4) is 22.5 Å². The largest absolute Gasteiger partial charge is 0.354 e. The minimum absolute atomic E-state index is 0.472. The first-order chi connectivity index (χ1) is 12.7. The van der Waals surface area contributed by atoms with E-state index in [0.717, 1.165) is 40.1 Å². The van der Waals surface area contributed by atoms with Gasteiger partial charge in [0.25, 0.3) is 0 Å². The molecule has 0 aliphatic rings. The molecule has 3 nitrogen and oxygen atoms in total. The molecule has 4 aromatic rings. The Morgan fingerprint density at radius 3 is 1.69 bits per heavy atom. The van der Waals surface area contributed by atoms with E-state index in [1.807, 2.05) is 30.3 Å². The van der Waals surface area contributed by atoms with Crippen LogP contribution in [-0.4, -0.2) is 9.97 Å². The van der Waals surface area contributed by atoms with E-state index in [0.29, 0.717) is 10.0 Å². The first-order valence-electron chi connectivity index (χ1n) is 8.26. The molecule has 0 radical (unpaired) electrons. The lowest BCUT2D eigenvalue weighted by molar-refractivity contribution is -0.386. The Kier molecular flexibility index (Phi) is 4.60. The summed E-state index contributed by atoms with van der Waals surface area (Å²) in [4.78, 5) is 9.71. The van der Waals surface area contributed by atoms with Gasteiger partial charge in [-0.05, 0) is 12.1 Å². The summed E-state index contributed by atoms with van der Waals surface area (Å²) in [5, 5.41) is 0.944. The monoisotopic (exact) mass is 380 g/mol. The van der Waals surface area contributed by atoms with Crippen LogP contribution in [0.3, 0.4) is 0 Å². The Morgan fingerprint density at radius 1 is 0.692 bits per heavy atom. The van der Waals surface area contributed by atoms with Gasteiger partial charge in [0.1, 0.15) is 0 Å². The molecular weight excluding hydrogens is 365 g/mol. The Morgan fingerprint density at radius 2 is 1.19 bits per heavy atom. The molecule has 0 fully saturated rings. The molecule has 0 amide bonds. The maximum absolute atomic E-state index is 6.18. The molecule has 4 rings (SSSR count). The number of rotatable bonds is 3. The van der Waals surface area contributed by atoms with Crippen LogP contribution in [0.1, 0.15) is 5.56 Å². The Bertz CT molecular complexity index is 1080. The van der Waals surface area contributed by atoms with Crippen molar-refractivity contribution in [1.29, 1.82) is 0 Å². The highest BCUT2D eigenvalue weighted by Crippen LogP contribution is 2.33. The van der Waals surface area contributed by atoms with Crippen LogP contribution in [0.4, 0.5) is 0 Å². The Labute approximate surface area is 161 Å². The fraction of sp³-hybridized carbons (Fsp3) is 0.0476. The zero-order valence-electron chi connectivity index (χ0n) is 13.9. The third-order valence-electron chi connectivity index (χ3n) is 4.27. The van der Waals surface area contributed by atoms with Crippen LogP contribution >= 0.6 is 23.2 Å². The van der Waals surface area contributed by atoms with Gasteiger partial charge in [-0.2, -0.15) is 0 Å². The van der Waals surface area contributed by atoms with Crippen LogP contribution < -0.4 is 5.73 Å². The number of hydrogen-bond donors (Lipinski definition) is 1. The topological polar surface area (TPSA) is 53.4 Å². The number of aromatic nitrogens is 2. The van der Waals surface area contributed by atoms with Gasteiger partial charge in [-0.25, -0.2) is 9.97 Å². The van der Waals surface area contributed by atoms with Gasteiger partial charge in [-0.15, -0.1) is 0 Å². The molecule has 0 saturated heterocycles. The zero-order chi connectivity index (χ0) is 18.1. The SMILES string of the molecule is [NH3+]Cc1ccc(-c2nc3cc(Cl)c(Cl)cc3nc2-c2ccccc2)cc1. The second-order valence-electron chi connectivity index (χ2n) is 5.99. The highest BCUT2D eigenvalue weighted by Gasteiger charge is 2.14. The lowest BCUT2D eigenvalue weighted by Gasteiger charge is -2.11. The van der Waals surface area contributed by atoms with E-state index in [4.69, 9.17) is 33.2 Å². The highest BCUT2D eigenvalue weighted by molar-refractivity contribution is 6.42. The number of benzene rings is 3. The molecule has 3 N–H and O–H groups in total. The van der Waals surface area contributed by atoms with Crippen molar-refractivity contribution in [2.24, 2.45) is 0 Å². The van der Waals surface area contributed by atoms with Crippen LogP contribution in [0, 0.1) is 0 Å². The minimum atomic E-state index is 0.472. The number of quaternary nitrogens is 1. The number of fused-ring (bicyclic) bond motifs is 1. The molecular formula is C21H16Cl2N3+. The minimum Gasteiger partial charge on any atom is -0.354 e. The number of halogens is 2. The highest BCUT2D eigenvalue weighted by atomic mass is 35.5. The molecule has 0 atom stereocenters. The van der Waals surface area contributed by atoms with E-state index in [-0.39, 0.29) is 0 Å². The zero-order valence-corrected chi connectivity index (χ0v) is 15.4. The summed E-state index contributed by atoms with van der Waals surface area (Å²) in [5.74, 6) is 0. The van der Waals surface area contributed by atoms with Crippen LogP contribution in [0.15, 0.2) is 66.7 Å². The molecule has 128 valence electrons. The van der Waals surface area contributed by atoms with Gasteiger partial charge in [0.15, 0.2) is 0 Å². The van der Waals surface area contributed by atoms with Crippen LogP contribution in [0.25, 0.3) is 33.5 Å². The molecule has 5 heteroatoms. The standard InChI is InChI=1S/C21H15Cl2N3/c22-16-10-18-19(11-17(16)23)26-21(15-8-6-13(12-24)7-9-15)20(25-18)14-4-2-1-3-5-14/h1-11H,12,24H2/p+1. The quantitative estimate of drug-likeness (QED) is 0.542. The van der Waals surface area contributed by atoms with Gasteiger partial charge in [0.05, 0.1) is 39.0 Å². The molecule has 3 aromatic carbocycles. The molecule has 1 heterocycles. The summed E-state index contributed by atoms with van der Waals surface area (Å²) in [6.07, 6.45) is 0. The van der Waals surface area contributed by atoms with E-state index >= 15 is 0 Å². The van der Waals surface area contributed by atoms with Crippen molar-refractivity contribution in [3.63, 3.8) is 0 Å². The lowest BCUT2D eigenvalue weighted by Crippen LogP contribution is -2.47. The van der Waals surface area contributed by atoms with E-state index in [2.05, 4.69) is 30.0 Å². The summed E-state index contributed by atoms with van der Waals surface area (Å²) in [6.45, 7) is 0.753. The van der Waals surface area contributed by atoms with Gasteiger partial charge >= 0.3 is 0 Å². The van der Waals surface area contributed by atoms with Crippen LogP contribution in [0.2, 0.25) is 10.0 Å². The van der Waals surface area contributed by atoms with Crippen molar-refractivity contribution >= 4 is 34.2 Å². The predicted molar refractivity (Wildman–Crippen MR) is 107 cm³/mol. The molecule has 0 aliphatic carbocycles. The Balaban J connectivity index is 2.00.